The van der Waals surface area contributed by atoms with Crippen molar-refractivity contribution in [2.75, 3.05) is 12.0 Å². The van der Waals surface area contributed by atoms with Crippen LogP contribution >= 0.6 is 0 Å². The fourth-order valence-corrected chi connectivity index (χ4v) is 2.49. The van der Waals surface area contributed by atoms with Crippen LogP contribution < -0.4 is 5.32 Å². The summed E-state index contributed by atoms with van der Waals surface area (Å²) in [6.07, 6.45) is 1.07. The van der Waals surface area contributed by atoms with Crippen molar-refractivity contribution in [3.8, 4) is 11.5 Å². The van der Waals surface area contributed by atoms with Crippen molar-refractivity contribution in [1.29, 1.82) is 0 Å². The van der Waals surface area contributed by atoms with Crippen molar-refractivity contribution in [1.82, 2.24) is 5.32 Å². The number of rotatable bonds is 4. The highest BCUT2D eigenvalue weighted by molar-refractivity contribution is 7.90. The monoisotopic (exact) mass is 273 g/mol. The van der Waals surface area contributed by atoms with E-state index in [0.717, 1.165) is 12.3 Å². The van der Waals surface area contributed by atoms with Gasteiger partial charge in [-0.3, -0.25) is 4.79 Å². The third-order valence-electron chi connectivity index (χ3n) is 2.16. The molecule has 0 spiro atoms. The van der Waals surface area contributed by atoms with Crippen LogP contribution in [0.25, 0.3) is 0 Å². The van der Waals surface area contributed by atoms with E-state index in [9.17, 15) is 23.4 Å². The predicted octanol–water partition coefficient (Wildman–Crippen LogP) is 0.261. The predicted molar refractivity (Wildman–Crippen MR) is 66.4 cm³/mol. The second-order valence-electron chi connectivity index (χ2n) is 4.17. The molecule has 18 heavy (non-hydrogen) atoms. The van der Waals surface area contributed by atoms with Gasteiger partial charge in [0.25, 0.3) is 5.91 Å². The van der Waals surface area contributed by atoms with E-state index in [1.807, 2.05) is 0 Å². The molecule has 0 saturated carbocycles. The van der Waals surface area contributed by atoms with Crippen LogP contribution in [0.4, 0.5) is 0 Å². The van der Waals surface area contributed by atoms with Gasteiger partial charge in [-0.05, 0) is 25.1 Å². The number of amides is 1. The molecule has 1 unspecified atom stereocenters. The summed E-state index contributed by atoms with van der Waals surface area (Å²) in [4.78, 5) is 11.7. The molecule has 7 heteroatoms. The largest absolute Gasteiger partial charge is 0.508 e. The molecule has 1 rings (SSSR count). The van der Waals surface area contributed by atoms with Crippen molar-refractivity contribution in [3.63, 3.8) is 0 Å². The van der Waals surface area contributed by atoms with Gasteiger partial charge in [-0.2, -0.15) is 0 Å². The van der Waals surface area contributed by atoms with Crippen molar-refractivity contribution in [2.45, 2.75) is 13.0 Å². The van der Waals surface area contributed by atoms with Crippen molar-refractivity contribution >= 4 is 15.7 Å². The molecule has 1 aromatic rings. The second kappa shape index (κ2) is 5.26. The third-order valence-corrected chi connectivity index (χ3v) is 3.26. The molecule has 1 aromatic carbocycles. The number of phenols is 2. The summed E-state index contributed by atoms with van der Waals surface area (Å²) < 4.78 is 22.1. The molecular formula is C11H15NO5S. The lowest BCUT2D eigenvalue weighted by Crippen LogP contribution is -2.37. The minimum absolute atomic E-state index is 0.102. The second-order valence-corrected chi connectivity index (χ2v) is 6.35. The summed E-state index contributed by atoms with van der Waals surface area (Å²) in [6.45, 7) is 1.54. The van der Waals surface area contributed by atoms with E-state index < -0.39 is 21.8 Å². The highest BCUT2D eigenvalue weighted by atomic mass is 32.2. The SMILES string of the molecule is CC(CS(C)(=O)=O)NC(=O)c1cc(O)ccc1O. The van der Waals surface area contributed by atoms with Crippen LogP contribution in [-0.4, -0.2) is 42.6 Å². The lowest BCUT2D eigenvalue weighted by Gasteiger charge is -2.13. The Morgan fingerprint density at radius 2 is 2.00 bits per heavy atom. The number of nitrogens with one attached hydrogen (secondary N) is 1. The van der Waals surface area contributed by atoms with Crippen molar-refractivity contribution in [2.24, 2.45) is 0 Å². The Bertz CT molecular complexity index is 553. The number of phenolic OH excluding ortho intramolecular Hbond substituents is 2. The van der Waals surface area contributed by atoms with Gasteiger partial charge in [0.05, 0.1) is 11.3 Å². The number of hydrogen-bond donors (Lipinski definition) is 3. The highest BCUT2D eigenvalue weighted by Crippen LogP contribution is 2.21. The molecule has 6 nitrogen and oxygen atoms in total. The Labute approximate surface area is 105 Å². The molecule has 100 valence electrons. The number of sulfone groups is 1. The smallest absolute Gasteiger partial charge is 0.255 e. The first-order chi connectivity index (χ1) is 8.19. The first kappa shape index (κ1) is 14.3. The summed E-state index contributed by atoms with van der Waals surface area (Å²) in [6, 6.07) is 2.95. The normalized spacial score (nSPS) is 13.0. The Morgan fingerprint density at radius 3 is 2.56 bits per heavy atom. The number of hydrogen-bond acceptors (Lipinski definition) is 5. The third kappa shape index (κ3) is 4.25. The Morgan fingerprint density at radius 1 is 1.39 bits per heavy atom. The van der Waals surface area contributed by atoms with Crippen LogP contribution in [0.3, 0.4) is 0 Å². The lowest BCUT2D eigenvalue weighted by molar-refractivity contribution is 0.0940. The number of carbonyl (C=O) groups is 1. The van der Waals surface area contributed by atoms with E-state index in [2.05, 4.69) is 5.32 Å². The number of carbonyl (C=O) groups excluding carboxylic acids is 1. The first-order valence-electron chi connectivity index (χ1n) is 5.19. The summed E-state index contributed by atoms with van der Waals surface area (Å²) in [5, 5.41) is 21.1. The molecule has 0 heterocycles. The number of benzene rings is 1. The molecule has 0 radical (unpaired) electrons. The van der Waals surface area contributed by atoms with Crippen LogP contribution in [0.5, 0.6) is 11.5 Å². The van der Waals surface area contributed by atoms with E-state index in [4.69, 9.17) is 0 Å². The molecule has 0 saturated heterocycles. The van der Waals surface area contributed by atoms with Crippen LogP contribution in [0.1, 0.15) is 17.3 Å². The molecule has 0 aliphatic heterocycles. The minimum atomic E-state index is -3.20. The van der Waals surface area contributed by atoms with Crippen LogP contribution in [0, 0.1) is 0 Å². The average Bonchev–Trinajstić information content (AvgIpc) is 2.18. The van der Waals surface area contributed by atoms with Crippen LogP contribution in [0.15, 0.2) is 18.2 Å². The topological polar surface area (TPSA) is 104 Å². The fourth-order valence-electron chi connectivity index (χ4n) is 1.50. The Kier molecular flexibility index (Phi) is 4.18. The first-order valence-corrected chi connectivity index (χ1v) is 7.25. The molecule has 0 fully saturated rings. The maximum atomic E-state index is 11.7. The quantitative estimate of drug-likeness (QED) is 0.683. The van der Waals surface area contributed by atoms with Gasteiger partial charge >= 0.3 is 0 Å². The van der Waals surface area contributed by atoms with E-state index >= 15 is 0 Å². The number of aromatic hydroxyl groups is 2. The van der Waals surface area contributed by atoms with E-state index in [0.29, 0.717) is 0 Å². The zero-order valence-corrected chi connectivity index (χ0v) is 10.9. The average molecular weight is 273 g/mol. The maximum Gasteiger partial charge on any atom is 0.255 e. The lowest BCUT2D eigenvalue weighted by atomic mass is 10.1. The van der Waals surface area contributed by atoms with Crippen LogP contribution in [-0.2, 0) is 9.84 Å². The molecule has 0 aliphatic carbocycles. The van der Waals surface area contributed by atoms with Crippen molar-refractivity contribution in [3.05, 3.63) is 23.8 Å². The van der Waals surface area contributed by atoms with E-state index in [-0.39, 0.29) is 22.8 Å². The van der Waals surface area contributed by atoms with Crippen molar-refractivity contribution < 1.29 is 23.4 Å². The van der Waals surface area contributed by atoms with Gasteiger partial charge in [0.2, 0.25) is 0 Å². The highest BCUT2D eigenvalue weighted by Gasteiger charge is 2.17. The van der Waals surface area contributed by atoms with Crippen LogP contribution in [0.2, 0.25) is 0 Å². The molecule has 0 aliphatic rings. The fraction of sp³-hybridized carbons (Fsp3) is 0.364. The molecule has 3 N–H and O–H groups in total. The summed E-state index contributed by atoms with van der Waals surface area (Å²) in [5.74, 6) is -1.27. The van der Waals surface area contributed by atoms with Gasteiger partial charge in [0.1, 0.15) is 21.3 Å². The van der Waals surface area contributed by atoms with Gasteiger partial charge in [-0.15, -0.1) is 0 Å². The summed E-state index contributed by atoms with van der Waals surface area (Å²) >= 11 is 0. The molecule has 0 aromatic heterocycles. The molecule has 0 bridgehead atoms. The Hall–Kier alpha value is -1.76. The molecule has 1 amide bonds. The Balaban J connectivity index is 2.80. The van der Waals surface area contributed by atoms with Gasteiger partial charge < -0.3 is 15.5 Å². The van der Waals surface area contributed by atoms with E-state index in [1.54, 1.807) is 6.92 Å². The standard InChI is InChI=1S/C11H15NO5S/c1-7(6-18(2,16)17)12-11(15)9-5-8(13)3-4-10(9)14/h3-5,7,13-14H,6H2,1-2H3,(H,12,15). The van der Waals surface area contributed by atoms with Gasteiger partial charge in [-0.1, -0.05) is 0 Å². The van der Waals surface area contributed by atoms with Gasteiger partial charge in [0.15, 0.2) is 0 Å². The zero-order valence-electron chi connectivity index (χ0n) is 10.0. The minimum Gasteiger partial charge on any atom is -0.508 e. The summed E-state index contributed by atoms with van der Waals surface area (Å²) in [5.41, 5.74) is -0.102. The summed E-state index contributed by atoms with van der Waals surface area (Å²) in [7, 11) is -3.20. The molecular weight excluding hydrogens is 258 g/mol. The van der Waals surface area contributed by atoms with Gasteiger partial charge in [0, 0.05) is 12.3 Å². The zero-order chi connectivity index (χ0) is 13.9. The van der Waals surface area contributed by atoms with E-state index in [1.165, 1.54) is 12.1 Å². The van der Waals surface area contributed by atoms with Gasteiger partial charge in [-0.25, -0.2) is 8.42 Å². The maximum absolute atomic E-state index is 11.7. The molecule has 1 atom stereocenters.